The summed E-state index contributed by atoms with van der Waals surface area (Å²) in [5.41, 5.74) is 2.90. The molecule has 2 nitrogen and oxygen atoms in total. The van der Waals surface area contributed by atoms with Gasteiger partial charge in [-0.2, -0.15) is 0 Å². The number of piperidine rings is 1. The van der Waals surface area contributed by atoms with E-state index in [-0.39, 0.29) is 0 Å². The average molecular weight is 274 g/mol. The van der Waals surface area contributed by atoms with Crippen LogP contribution in [0, 0.1) is 5.92 Å². The van der Waals surface area contributed by atoms with Crippen LogP contribution < -0.4 is 5.32 Å². The van der Waals surface area contributed by atoms with Gasteiger partial charge in [0.15, 0.2) is 0 Å². The first kappa shape index (κ1) is 15.5. The summed E-state index contributed by atoms with van der Waals surface area (Å²) in [5, 5.41) is 3.48. The Kier molecular flexibility index (Phi) is 6.06. The second-order valence-corrected chi connectivity index (χ2v) is 6.42. The third-order valence-corrected chi connectivity index (χ3v) is 4.44. The maximum atomic E-state index is 3.48. The van der Waals surface area contributed by atoms with Gasteiger partial charge in [-0.1, -0.05) is 45.0 Å². The zero-order valence-electron chi connectivity index (χ0n) is 13.4. The van der Waals surface area contributed by atoms with Crippen LogP contribution in [0.3, 0.4) is 0 Å². The summed E-state index contributed by atoms with van der Waals surface area (Å²) >= 11 is 0. The molecule has 1 aromatic rings. The predicted molar refractivity (Wildman–Crippen MR) is 87.1 cm³/mol. The number of likely N-dealkylation sites (tertiary alicyclic amines) is 1. The van der Waals surface area contributed by atoms with Gasteiger partial charge < -0.3 is 5.32 Å². The van der Waals surface area contributed by atoms with Crippen molar-refractivity contribution >= 4 is 0 Å². The Balaban J connectivity index is 1.77. The number of hydrogen-bond acceptors (Lipinski definition) is 2. The minimum absolute atomic E-state index is 0.630. The minimum Gasteiger partial charge on any atom is -0.317 e. The molecule has 1 aromatic carbocycles. The molecular weight excluding hydrogens is 244 g/mol. The first-order valence-electron chi connectivity index (χ1n) is 8.21. The summed E-state index contributed by atoms with van der Waals surface area (Å²) in [6, 6.07) is 9.19. The fourth-order valence-electron chi connectivity index (χ4n) is 2.96. The van der Waals surface area contributed by atoms with Crippen LogP contribution in [0.2, 0.25) is 0 Å². The molecule has 2 heteroatoms. The molecular formula is C18H30N2. The van der Waals surface area contributed by atoms with Crippen LogP contribution in [0.15, 0.2) is 24.3 Å². The van der Waals surface area contributed by atoms with Crippen molar-refractivity contribution in [2.45, 2.75) is 46.1 Å². The predicted octanol–water partition coefficient (Wildman–Crippen LogP) is 3.63. The molecule has 2 rings (SSSR count). The highest BCUT2D eigenvalue weighted by molar-refractivity contribution is 5.24. The Bertz CT molecular complexity index is 375. The van der Waals surface area contributed by atoms with E-state index in [1.165, 1.54) is 43.6 Å². The molecule has 1 fully saturated rings. The lowest BCUT2D eigenvalue weighted by molar-refractivity contribution is 0.176. The monoisotopic (exact) mass is 274 g/mol. The van der Waals surface area contributed by atoms with Gasteiger partial charge in [0, 0.05) is 6.54 Å². The Morgan fingerprint density at radius 2 is 1.80 bits per heavy atom. The largest absolute Gasteiger partial charge is 0.317 e. The van der Waals surface area contributed by atoms with Crippen molar-refractivity contribution in [3.05, 3.63) is 35.4 Å². The molecule has 0 saturated carbocycles. The van der Waals surface area contributed by atoms with E-state index in [0.717, 1.165) is 19.0 Å². The van der Waals surface area contributed by atoms with Gasteiger partial charge in [0.05, 0.1) is 0 Å². The van der Waals surface area contributed by atoms with E-state index in [1.807, 2.05) is 0 Å². The van der Waals surface area contributed by atoms with Gasteiger partial charge >= 0.3 is 0 Å². The Morgan fingerprint density at radius 1 is 1.15 bits per heavy atom. The Morgan fingerprint density at radius 3 is 2.35 bits per heavy atom. The second kappa shape index (κ2) is 7.80. The van der Waals surface area contributed by atoms with Crippen LogP contribution in [-0.2, 0) is 6.54 Å². The molecule has 1 N–H and O–H groups in total. The lowest BCUT2D eigenvalue weighted by Gasteiger charge is -2.32. The van der Waals surface area contributed by atoms with E-state index in [1.54, 1.807) is 0 Å². The van der Waals surface area contributed by atoms with E-state index in [2.05, 4.69) is 55.3 Å². The maximum absolute atomic E-state index is 3.48. The van der Waals surface area contributed by atoms with Crippen LogP contribution >= 0.6 is 0 Å². The summed E-state index contributed by atoms with van der Waals surface area (Å²) in [4.78, 5) is 2.60. The van der Waals surface area contributed by atoms with Crippen molar-refractivity contribution in [3.63, 3.8) is 0 Å². The molecule has 0 unspecified atom stereocenters. The number of rotatable bonds is 6. The zero-order chi connectivity index (χ0) is 14.4. The first-order chi connectivity index (χ1) is 9.69. The van der Waals surface area contributed by atoms with Crippen LogP contribution in [0.5, 0.6) is 0 Å². The van der Waals surface area contributed by atoms with Crippen LogP contribution in [0.1, 0.15) is 50.7 Å². The van der Waals surface area contributed by atoms with Gasteiger partial charge in [0.25, 0.3) is 0 Å². The summed E-state index contributed by atoms with van der Waals surface area (Å²) in [7, 11) is 0. The molecule has 1 heterocycles. The van der Waals surface area contributed by atoms with Crippen molar-refractivity contribution < 1.29 is 0 Å². The molecule has 0 aliphatic carbocycles. The van der Waals surface area contributed by atoms with Crippen molar-refractivity contribution in [3.8, 4) is 0 Å². The molecule has 0 radical (unpaired) electrons. The minimum atomic E-state index is 0.630. The summed E-state index contributed by atoms with van der Waals surface area (Å²) < 4.78 is 0. The standard InChI is InChI=1S/C18H30N2/c1-4-19-13-16-9-11-20(12-10-16)14-17-5-7-18(8-6-17)15(2)3/h5-8,15-16,19H,4,9-14H2,1-3H3. The van der Waals surface area contributed by atoms with Gasteiger partial charge in [0.2, 0.25) is 0 Å². The topological polar surface area (TPSA) is 15.3 Å². The molecule has 112 valence electrons. The fourth-order valence-corrected chi connectivity index (χ4v) is 2.96. The zero-order valence-corrected chi connectivity index (χ0v) is 13.4. The lowest BCUT2D eigenvalue weighted by Crippen LogP contribution is -2.36. The van der Waals surface area contributed by atoms with E-state index < -0.39 is 0 Å². The summed E-state index contributed by atoms with van der Waals surface area (Å²) in [5.74, 6) is 1.51. The van der Waals surface area contributed by atoms with Crippen LogP contribution in [0.4, 0.5) is 0 Å². The molecule has 1 saturated heterocycles. The summed E-state index contributed by atoms with van der Waals surface area (Å²) in [6.45, 7) is 12.6. The molecule has 1 aliphatic rings. The molecule has 0 aromatic heterocycles. The lowest BCUT2D eigenvalue weighted by atomic mass is 9.96. The van der Waals surface area contributed by atoms with Gasteiger partial charge in [-0.05, 0) is 62.0 Å². The van der Waals surface area contributed by atoms with Gasteiger partial charge in [-0.25, -0.2) is 0 Å². The van der Waals surface area contributed by atoms with E-state index in [4.69, 9.17) is 0 Å². The average Bonchev–Trinajstić information content (AvgIpc) is 2.47. The van der Waals surface area contributed by atoms with Crippen LogP contribution in [-0.4, -0.2) is 31.1 Å². The highest BCUT2D eigenvalue weighted by Gasteiger charge is 2.18. The number of nitrogens with zero attached hydrogens (tertiary/aromatic N) is 1. The second-order valence-electron chi connectivity index (χ2n) is 6.42. The molecule has 20 heavy (non-hydrogen) atoms. The molecule has 0 spiro atoms. The van der Waals surface area contributed by atoms with Gasteiger partial charge in [-0.15, -0.1) is 0 Å². The smallest absolute Gasteiger partial charge is 0.0233 e. The molecule has 0 atom stereocenters. The molecule has 1 aliphatic heterocycles. The van der Waals surface area contributed by atoms with E-state index >= 15 is 0 Å². The van der Waals surface area contributed by atoms with Crippen molar-refractivity contribution in [1.29, 1.82) is 0 Å². The van der Waals surface area contributed by atoms with E-state index in [9.17, 15) is 0 Å². The van der Waals surface area contributed by atoms with Gasteiger partial charge in [0.1, 0.15) is 0 Å². The van der Waals surface area contributed by atoms with Crippen molar-refractivity contribution in [1.82, 2.24) is 10.2 Å². The van der Waals surface area contributed by atoms with Crippen LogP contribution in [0.25, 0.3) is 0 Å². The Labute approximate surface area is 124 Å². The number of benzene rings is 1. The number of nitrogens with one attached hydrogen (secondary N) is 1. The van der Waals surface area contributed by atoms with Gasteiger partial charge in [-0.3, -0.25) is 4.90 Å². The Hall–Kier alpha value is -0.860. The normalized spacial score (nSPS) is 17.8. The summed E-state index contributed by atoms with van der Waals surface area (Å²) in [6.07, 6.45) is 2.69. The SMILES string of the molecule is CCNCC1CCN(Cc2ccc(C(C)C)cc2)CC1. The highest BCUT2D eigenvalue weighted by atomic mass is 15.1. The van der Waals surface area contributed by atoms with Crippen molar-refractivity contribution in [2.75, 3.05) is 26.2 Å². The first-order valence-corrected chi connectivity index (χ1v) is 8.21. The quantitative estimate of drug-likeness (QED) is 0.852. The third-order valence-electron chi connectivity index (χ3n) is 4.44. The van der Waals surface area contributed by atoms with E-state index in [0.29, 0.717) is 5.92 Å². The molecule has 0 bridgehead atoms. The number of hydrogen-bond donors (Lipinski definition) is 1. The van der Waals surface area contributed by atoms with Crippen molar-refractivity contribution in [2.24, 2.45) is 5.92 Å². The third kappa shape index (κ3) is 4.60. The maximum Gasteiger partial charge on any atom is 0.0233 e. The highest BCUT2D eigenvalue weighted by Crippen LogP contribution is 2.20. The fraction of sp³-hybridized carbons (Fsp3) is 0.667. The molecule has 0 amide bonds.